The first-order valence-corrected chi connectivity index (χ1v) is 18.0. The van der Waals surface area contributed by atoms with E-state index in [1.165, 1.54) is 59.6 Å². The van der Waals surface area contributed by atoms with Gasteiger partial charge in [0.1, 0.15) is 5.58 Å². The highest BCUT2D eigenvalue weighted by Gasteiger charge is 2.27. The number of para-hydroxylation sites is 3. The van der Waals surface area contributed by atoms with Crippen molar-refractivity contribution < 1.29 is 4.42 Å². The average Bonchev–Trinajstić information content (AvgIpc) is 3.95. The van der Waals surface area contributed by atoms with Crippen LogP contribution < -0.4 is 0 Å². The Bertz CT molecular complexity index is 3700. The summed E-state index contributed by atoms with van der Waals surface area (Å²) in [6.07, 6.45) is 0. The molecule has 13 rings (SSSR count). The van der Waals surface area contributed by atoms with Crippen molar-refractivity contribution in [3.05, 3.63) is 158 Å². The minimum absolute atomic E-state index is 0.573. The number of hydrogen-bond acceptors (Lipinski definition) is 3. The van der Waals surface area contributed by atoms with E-state index in [1.54, 1.807) is 0 Å². The Morgan fingerprint density at radius 3 is 1.98 bits per heavy atom. The Balaban J connectivity index is 1.24. The average molecular weight is 675 g/mol. The molecule has 5 heteroatoms. The van der Waals surface area contributed by atoms with E-state index >= 15 is 0 Å². The summed E-state index contributed by atoms with van der Waals surface area (Å²) in [6, 6.07) is 56.4. The first-order chi connectivity index (χ1) is 26.3. The van der Waals surface area contributed by atoms with E-state index in [2.05, 4.69) is 155 Å². The van der Waals surface area contributed by atoms with Gasteiger partial charge in [-0.2, -0.15) is 4.98 Å². The second kappa shape index (κ2) is 9.75. The number of aromatic nitrogens is 4. The summed E-state index contributed by atoms with van der Waals surface area (Å²) < 4.78 is 11.3. The van der Waals surface area contributed by atoms with Crippen LogP contribution >= 0.6 is 0 Å². The van der Waals surface area contributed by atoms with E-state index in [0.717, 1.165) is 49.4 Å². The molecule has 5 heterocycles. The topological polar surface area (TPSA) is 48.3 Å². The van der Waals surface area contributed by atoms with Gasteiger partial charge < -0.3 is 8.82 Å². The van der Waals surface area contributed by atoms with Crippen LogP contribution in [0.25, 0.3) is 121 Å². The Morgan fingerprint density at radius 1 is 0.415 bits per heavy atom. The molecule has 0 amide bonds. The molecule has 5 nitrogen and oxygen atoms in total. The van der Waals surface area contributed by atoms with E-state index in [4.69, 9.17) is 14.4 Å². The fourth-order valence-electron chi connectivity index (χ4n) is 9.25. The van der Waals surface area contributed by atoms with Crippen molar-refractivity contribution in [3.63, 3.8) is 0 Å². The third-order valence-electron chi connectivity index (χ3n) is 11.4. The van der Waals surface area contributed by atoms with Crippen molar-refractivity contribution in [3.8, 4) is 17.2 Å². The minimum atomic E-state index is 0.573. The Kier molecular flexibility index (Phi) is 5.06. The minimum Gasteiger partial charge on any atom is -0.437 e. The number of fused-ring (bicyclic) bond motifs is 16. The molecule has 0 fully saturated rings. The summed E-state index contributed by atoms with van der Waals surface area (Å²) in [7, 11) is 0. The van der Waals surface area contributed by atoms with Crippen molar-refractivity contribution in [2.24, 2.45) is 0 Å². The van der Waals surface area contributed by atoms with Crippen LogP contribution in [0.2, 0.25) is 0 Å². The van der Waals surface area contributed by atoms with Gasteiger partial charge in [0.15, 0.2) is 0 Å². The Labute approximate surface area is 300 Å². The van der Waals surface area contributed by atoms with Crippen LogP contribution in [0.15, 0.2) is 162 Å². The van der Waals surface area contributed by atoms with Crippen molar-refractivity contribution in [2.75, 3.05) is 0 Å². The van der Waals surface area contributed by atoms with Gasteiger partial charge in [0.2, 0.25) is 11.7 Å². The van der Waals surface area contributed by atoms with Gasteiger partial charge in [-0.3, -0.25) is 4.57 Å². The van der Waals surface area contributed by atoms with Gasteiger partial charge >= 0.3 is 0 Å². The predicted molar refractivity (Wildman–Crippen MR) is 219 cm³/mol. The zero-order valence-corrected chi connectivity index (χ0v) is 28.2. The third-order valence-corrected chi connectivity index (χ3v) is 11.4. The highest BCUT2D eigenvalue weighted by Crippen LogP contribution is 2.48. The van der Waals surface area contributed by atoms with E-state index in [-0.39, 0.29) is 0 Å². The molecular weight excluding hydrogens is 649 g/mol. The van der Waals surface area contributed by atoms with Gasteiger partial charge in [0.05, 0.1) is 38.7 Å². The second-order valence-electron chi connectivity index (χ2n) is 14.1. The Morgan fingerprint density at radius 2 is 1.09 bits per heavy atom. The maximum absolute atomic E-state index is 6.56. The maximum atomic E-state index is 6.56. The van der Waals surface area contributed by atoms with Crippen molar-refractivity contribution in [2.45, 2.75) is 0 Å². The van der Waals surface area contributed by atoms with E-state index < -0.39 is 0 Å². The monoisotopic (exact) mass is 674 g/mol. The summed E-state index contributed by atoms with van der Waals surface area (Å²) >= 11 is 0. The molecule has 0 unspecified atom stereocenters. The summed E-state index contributed by atoms with van der Waals surface area (Å²) in [5, 5.41) is 14.1. The van der Waals surface area contributed by atoms with Crippen LogP contribution in [0.4, 0.5) is 0 Å². The molecule has 0 aliphatic heterocycles. The van der Waals surface area contributed by atoms with Gasteiger partial charge in [0.25, 0.3) is 0 Å². The molecule has 0 aliphatic rings. The molecule has 53 heavy (non-hydrogen) atoms. The van der Waals surface area contributed by atoms with Gasteiger partial charge in [-0.25, -0.2) is 4.98 Å². The number of benzene rings is 8. The van der Waals surface area contributed by atoms with Crippen molar-refractivity contribution >= 4 is 104 Å². The molecule has 244 valence electrons. The van der Waals surface area contributed by atoms with E-state index in [9.17, 15) is 0 Å². The van der Waals surface area contributed by atoms with Crippen LogP contribution in [0.3, 0.4) is 0 Å². The lowest BCUT2D eigenvalue weighted by Crippen LogP contribution is -2.03. The summed E-state index contributed by atoms with van der Waals surface area (Å²) in [5.74, 6) is 0.581. The van der Waals surface area contributed by atoms with Crippen LogP contribution in [0.1, 0.15) is 0 Å². The van der Waals surface area contributed by atoms with Crippen LogP contribution in [-0.2, 0) is 0 Å². The largest absolute Gasteiger partial charge is 0.437 e. The number of furan rings is 1. The highest BCUT2D eigenvalue weighted by molar-refractivity contribution is 6.38. The standard InChI is InChI=1S/C48H26N4O/c1-2-13-29-25-30(22-21-27(29)11-1)45-43-34-17-7-10-20-40(34)53-47(43)50-48(49-45)52-37-19-9-6-16-33(37)42-39(52)26-35-32-15-5-8-18-36(32)51-38-24-23-28-12-3-4-14-31(28)41(38)44(42)46(35)51/h1-26H. The molecule has 13 aromatic rings. The van der Waals surface area contributed by atoms with Gasteiger partial charge in [0, 0.05) is 43.3 Å². The SMILES string of the molecule is c1ccc2cc(-c3nc(-n4c5ccccc5c5c6c7c8ccccc8ccc7n7c8ccccc8c(cc54)c67)nc4oc5ccccc5c34)ccc2c1. The number of nitrogens with zero attached hydrogens (tertiary/aromatic N) is 4. The maximum Gasteiger partial charge on any atom is 0.238 e. The molecular formula is C48H26N4O. The molecule has 5 aromatic heterocycles. The lowest BCUT2D eigenvalue weighted by molar-refractivity contribution is 0.651. The zero-order chi connectivity index (χ0) is 34.4. The lowest BCUT2D eigenvalue weighted by Gasteiger charge is -2.10. The normalized spacial score (nSPS) is 12.5. The Hall–Kier alpha value is -7.24. The third kappa shape index (κ3) is 3.46. The second-order valence-corrected chi connectivity index (χ2v) is 14.1. The summed E-state index contributed by atoms with van der Waals surface area (Å²) in [6.45, 7) is 0. The van der Waals surface area contributed by atoms with Gasteiger partial charge in [-0.05, 0) is 57.9 Å². The van der Waals surface area contributed by atoms with Crippen molar-refractivity contribution in [1.29, 1.82) is 0 Å². The number of rotatable bonds is 2. The fraction of sp³-hybridized carbons (Fsp3) is 0. The lowest BCUT2D eigenvalue weighted by atomic mass is 9.98. The van der Waals surface area contributed by atoms with Crippen LogP contribution in [0.5, 0.6) is 0 Å². The summed E-state index contributed by atoms with van der Waals surface area (Å²) in [4.78, 5) is 10.8. The van der Waals surface area contributed by atoms with Crippen LogP contribution in [-0.4, -0.2) is 18.9 Å². The van der Waals surface area contributed by atoms with E-state index in [1.807, 2.05) is 12.1 Å². The molecule has 0 aliphatic carbocycles. The highest BCUT2D eigenvalue weighted by atomic mass is 16.3. The molecule has 0 N–H and O–H groups in total. The number of hydrogen-bond donors (Lipinski definition) is 0. The van der Waals surface area contributed by atoms with Crippen LogP contribution in [0, 0.1) is 0 Å². The first kappa shape index (κ1) is 27.5. The first-order valence-electron chi connectivity index (χ1n) is 18.0. The predicted octanol–water partition coefficient (Wildman–Crippen LogP) is 12.6. The smallest absolute Gasteiger partial charge is 0.238 e. The van der Waals surface area contributed by atoms with Gasteiger partial charge in [-0.1, -0.05) is 121 Å². The molecule has 0 bridgehead atoms. The molecule has 0 saturated heterocycles. The summed E-state index contributed by atoms with van der Waals surface area (Å²) in [5.41, 5.74) is 9.03. The molecule has 8 aromatic carbocycles. The molecule has 0 saturated carbocycles. The fourth-order valence-corrected chi connectivity index (χ4v) is 9.25. The van der Waals surface area contributed by atoms with Crippen molar-refractivity contribution in [1.82, 2.24) is 18.9 Å². The quantitative estimate of drug-likeness (QED) is 0.183. The zero-order valence-electron chi connectivity index (χ0n) is 28.2. The van der Waals surface area contributed by atoms with Gasteiger partial charge in [-0.15, -0.1) is 0 Å². The molecule has 0 atom stereocenters. The van der Waals surface area contributed by atoms with E-state index in [0.29, 0.717) is 11.7 Å². The molecule has 0 radical (unpaired) electrons. The molecule has 0 spiro atoms.